The fourth-order valence-corrected chi connectivity index (χ4v) is 2.33. The number of nitrogens with one attached hydrogen (secondary N) is 3. The fraction of sp³-hybridized carbons (Fsp3) is 0.188. The van der Waals surface area contributed by atoms with Crippen LogP contribution in [0.25, 0.3) is 11.6 Å². The summed E-state index contributed by atoms with van der Waals surface area (Å²) in [6.07, 6.45) is 2.78. The van der Waals surface area contributed by atoms with Crippen molar-refractivity contribution in [3.05, 3.63) is 47.8 Å². The first kappa shape index (κ1) is 14.4. The Balaban J connectivity index is 1.87. The number of aromatic amines is 1. The fourth-order valence-electron chi connectivity index (χ4n) is 2.33. The number of aromatic nitrogens is 1. The second-order valence-corrected chi connectivity index (χ2v) is 5.12. The van der Waals surface area contributed by atoms with Crippen LogP contribution in [-0.2, 0) is 4.79 Å². The topological polar surface area (TPSA) is 97.4 Å². The van der Waals surface area contributed by atoms with Crippen molar-refractivity contribution in [2.24, 2.45) is 0 Å². The van der Waals surface area contributed by atoms with Crippen molar-refractivity contribution in [1.29, 1.82) is 0 Å². The average Bonchev–Trinajstić information content (AvgIpc) is 3.14. The van der Waals surface area contributed by atoms with Gasteiger partial charge in [-0.3, -0.25) is 4.79 Å². The van der Waals surface area contributed by atoms with E-state index in [9.17, 15) is 9.90 Å². The van der Waals surface area contributed by atoms with Crippen LogP contribution in [-0.4, -0.2) is 40.4 Å². The Labute approximate surface area is 127 Å². The number of carbonyl (C=O) groups is 1. The summed E-state index contributed by atoms with van der Waals surface area (Å²) in [5, 5.41) is 24.1. The van der Waals surface area contributed by atoms with Gasteiger partial charge in [0, 0.05) is 35.4 Å². The zero-order valence-electron chi connectivity index (χ0n) is 11.8. The zero-order chi connectivity index (χ0) is 15.5. The summed E-state index contributed by atoms with van der Waals surface area (Å²) in [7, 11) is 0. The second kappa shape index (κ2) is 6.05. The Morgan fingerprint density at radius 2 is 2.18 bits per heavy atom. The normalized spacial score (nSPS) is 16.5. The number of amides is 1. The summed E-state index contributed by atoms with van der Waals surface area (Å²) >= 11 is 0. The maximum Gasteiger partial charge on any atom is 0.256 e. The molecular weight excluding hydrogens is 282 g/mol. The molecule has 22 heavy (non-hydrogen) atoms. The van der Waals surface area contributed by atoms with Crippen LogP contribution in [0.15, 0.2) is 36.5 Å². The third kappa shape index (κ3) is 2.88. The van der Waals surface area contributed by atoms with E-state index in [0.717, 1.165) is 22.6 Å². The minimum absolute atomic E-state index is 0.142. The number of hydrogen-bond donors (Lipinski definition) is 5. The van der Waals surface area contributed by atoms with E-state index in [1.165, 1.54) is 0 Å². The molecule has 3 rings (SSSR count). The lowest BCUT2D eigenvalue weighted by Gasteiger charge is -2.11. The maximum absolute atomic E-state index is 12.1. The van der Waals surface area contributed by atoms with Gasteiger partial charge in [0.05, 0.1) is 18.3 Å². The molecule has 0 saturated carbocycles. The van der Waals surface area contributed by atoms with Gasteiger partial charge in [0.25, 0.3) is 5.91 Å². The summed E-state index contributed by atoms with van der Waals surface area (Å²) in [4.78, 5) is 15.1. The van der Waals surface area contributed by atoms with Crippen molar-refractivity contribution in [2.45, 2.75) is 6.10 Å². The lowest BCUT2D eigenvalue weighted by Crippen LogP contribution is -2.22. The summed E-state index contributed by atoms with van der Waals surface area (Å²) in [6, 6.07) is 9.25. The number of aliphatic hydroxyl groups excluding tert-OH is 2. The van der Waals surface area contributed by atoms with Crippen LogP contribution in [0.4, 0.5) is 11.4 Å². The zero-order valence-corrected chi connectivity index (χ0v) is 11.8. The highest BCUT2D eigenvalue weighted by Gasteiger charge is 2.24. The van der Waals surface area contributed by atoms with Crippen LogP contribution in [0.3, 0.4) is 0 Å². The third-order valence-corrected chi connectivity index (χ3v) is 3.48. The molecule has 1 atom stereocenters. The van der Waals surface area contributed by atoms with Gasteiger partial charge in [-0.05, 0) is 36.4 Å². The van der Waals surface area contributed by atoms with Gasteiger partial charge in [0.1, 0.15) is 0 Å². The number of hydrogen-bond acceptors (Lipinski definition) is 4. The summed E-state index contributed by atoms with van der Waals surface area (Å²) in [5.41, 5.74) is 3.79. The summed E-state index contributed by atoms with van der Waals surface area (Å²) < 4.78 is 0. The minimum Gasteiger partial charge on any atom is -0.394 e. The number of rotatable bonds is 5. The standard InChI is InChI=1S/C16H17N3O3/c20-9-12(21)8-18-11-3-4-15-13(6-11)14(16(22)19-15)7-10-2-1-5-17-10/h1-7,12,17-18,20-21H,8-9H2,(H,19,22). The average molecular weight is 299 g/mol. The SMILES string of the molecule is O=C1Nc2ccc(NCC(O)CO)cc2C1=Cc1ccc[nH]1. The Kier molecular flexibility index (Phi) is 3.95. The van der Waals surface area contributed by atoms with Crippen molar-refractivity contribution < 1.29 is 15.0 Å². The predicted octanol–water partition coefficient (Wildman–Crippen LogP) is 1.27. The lowest BCUT2D eigenvalue weighted by atomic mass is 10.1. The maximum atomic E-state index is 12.1. The molecule has 6 nitrogen and oxygen atoms in total. The minimum atomic E-state index is -0.818. The molecule has 6 heteroatoms. The van der Waals surface area contributed by atoms with Crippen LogP contribution < -0.4 is 10.6 Å². The van der Waals surface area contributed by atoms with Crippen molar-refractivity contribution in [1.82, 2.24) is 4.98 Å². The highest BCUT2D eigenvalue weighted by atomic mass is 16.3. The Hall–Kier alpha value is -2.57. The van der Waals surface area contributed by atoms with Crippen molar-refractivity contribution in [3.8, 4) is 0 Å². The molecule has 5 N–H and O–H groups in total. The molecule has 0 aliphatic carbocycles. The quantitative estimate of drug-likeness (QED) is 0.537. The van der Waals surface area contributed by atoms with Crippen molar-refractivity contribution in [3.63, 3.8) is 0 Å². The lowest BCUT2D eigenvalue weighted by molar-refractivity contribution is -0.110. The number of aliphatic hydroxyl groups is 2. The molecule has 1 unspecified atom stereocenters. The van der Waals surface area contributed by atoms with Gasteiger partial charge in [-0.25, -0.2) is 0 Å². The van der Waals surface area contributed by atoms with Crippen LogP contribution in [0, 0.1) is 0 Å². The van der Waals surface area contributed by atoms with E-state index in [1.54, 1.807) is 12.3 Å². The second-order valence-electron chi connectivity index (χ2n) is 5.12. The molecule has 0 radical (unpaired) electrons. The van der Waals surface area contributed by atoms with Crippen LogP contribution >= 0.6 is 0 Å². The monoisotopic (exact) mass is 299 g/mol. The van der Waals surface area contributed by atoms with Gasteiger partial charge >= 0.3 is 0 Å². The van der Waals surface area contributed by atoms with Gasteiger partial charge in [-0.2, -0.15) is 0 Å². The molecule has 2 aromatic rings. The molecule has 0 fully saturated rings. The molecule has 1 aromatic carbocycles. The number of H-pyrrole nitrogens is 1. The van der Waals surface area contributed by atoms with E-state index in [0.29, 0.717) is 5.57 Å². The summed E-state index contributed by atoms with van der Waals surface area (Å²) in [5.74, 6) is -0.142. The van der Waals surface area contributed by atoms with Crippen LogP contribution in [0.2, 0.25) is 0 Å². The molecule has 114 valence electrons. The van der Waals surface area contributed by atoms with Gasteiger partial charge in [-0.1, -0.05) is 0 Å². The predicted molar refractivity (Wildman–Crippen MR) is 85.3 cm³/mol. The molecule has 1 aromatic heterocycles. The van der Waals surface area contributed by atoms with Gasteiger partial charge < -0.3 is 25.8 Å². The Morgan fingerprint density at radius 1 is 1.32 bits per heavy atom. The number of carbonyl (C=O) groups excluding carboxylic acids is 1. The molecular formula is C16H17N3O3. The van der Waals surface area contributed by atoms with Crippen molar-refractivity contribution in [2.75, 3.05) is 23.8 Å². The van der Waals surface area contributed by atoms with E-state index in [-0.39, 0.29) is 19.1 Å². The molecule has 1 aliphatic heterocycles. The number of benzene rings is 1. The molecule has 0 bridgehead atoms. The van der Waals surface area contributed by atoms with Gasteiger partial charge in [0.2, 0.25) is 0 Å². The molecule has 2 heterocycles. The largest absolute Gasteiger partial charge is 0.394 e. The first-order valence-corrected chi connectivity index (χ1v) is 7.01. The Bertz CT molecular complexity index is 707. The van der Waals surface area contributed by atoms with E-state index >= 15 is 0 Å². The first-order chi connectivity index (χ1) is 10.7. The van der Waals surface area contributed by atoms with Crippen LogP contribution in [0.1, 0.15) is 11.3 Å². The highest BCUT2D eigenvalue weighted by molar-refractivity contribution is 6.35. The van der Waals surface area contributed by atoms with E-state index in [1.807, 2.05) is 30.3 Å². The molecule has 0 saturated heterocycles. The van der Waals surface area contributed by atoms with E-state index in [4.69, 9.17) is 5.11 Å². The smallest absolute Gasteiger partial charge is 0.256 e. The van der Waals surface area contributed by atoms with Crippen LogP contribution in [0.5, 0.6) is 0 Å². The molecule has 0 spiro atoms. The van der Waals surface area contributed by atoms with Gasteiger partial charge in [-0.15, -0.1) is 0 Å². The third-order valence-electron chi connectivity index (χ3n) is 3.48. The molecule has 1 aliphatic rings. The highest BCUT2D eigenvalue weighted by Crippen LogP contribution is 2.34. The van der Waals surface area contributed by atoms with E-state index in [2.05, 4.69) is 15.6 Å². The van der Waals surface area contributed by atoms with E-state index < -0.39 is 6.10 Å². The first-order valence-electron chi connectivity index (χ1n) is 7.01. The number of anilines is 2. The molecule has 1 amide bonds. The van der Waals surface area contributed by atoms with Crippen molar-refractivity contribution >= 4 is 28.9 Å². The number of fused-ring (bicyclic) bond motifs is 1. The van der Waals surface area contributed by atoms with Gasteiger partial charge in [0.15, 0.2) is 0 Å². The Morgan fingerprint density at radius 3 is 2.91 bits per heavy atom. The summed E-state index contributed by atoms with van der Waals surface area (Å²) in [6.45, 7) is -0.0533.